The van der Waals surface area contributed by atoms with Crippen LogP contribution in [0.1, 0.15) is 38.5 Å². The lowest BCUT2D eigenvalue weighted by Crippen LogP contribution is -2.37. The summed E-state index contributed by atoms with van der Waals surface area (Å²) in [6, 6.07) is 0. The highest BCUT2D eigenvalue weighted by molar-refractivity contribution is 6.13. The van der Waals surface area contributed by atoms with Gasteiger partial charge in [-0.2, -0.15) is 0 Å². The molecule has 3 saturated heterocycles. The van der Waals surface area contributed by atoms with Gasteiger partial charge in [0.15, 0.2) is 0 Å². The van der Waals surface area contributed by atoms with Crippen molar-refractivity contribution in [2.24, 2.45) is 0 Å². The minimum Gasteiger partial charge on any atom is -0.359 e. The molecule has 0 saturated carbocycles. The molecule has 0 radical (unpaired) electrons. The highest BCUT2D eigenvalue weighted by Crippen LogP contribution is 2.23. The SMILES string of the molecule is [SiH3]C(C=C(N1CCCC1)N1CCCC1)N1CCCC1. The predicted molar refractivity (Wildman–Crippen MR) is 84.2 cm³/mol. The van der Waals surface area contributed by atoms with Gasteiger partial charge in [0.1, 0.15) is 5.82 Å². The molecule has 4 heteroatoms. The second-order valence-electron chi connectivity index (χ2n) is 6.40. The smallest absolute Gasteiger partial charge is 0.101 e. The molecule has 0 aromatic heterocycles. The minimum atomic E-state index is 0.749. The first-order valence-electron chi connectivity index (χ1n) is 8.30. The van der Waals surface area contributed by atoms with E-state index in [4.69, 9.17) is 0 Å². The van der Waals surface area contributed by atoms with E-state index in [2.05, 4.69) is 20.8 Å². The van der Waals surface area contributed by atoms with Gasteiger partial charge in [0.2, 0.25) is 0 Å². The Balaban J connectivity index is 1.72. The van der Waals surface area contributed by atoms with Crippen LogP contribution >= 0.6 is 0 Å². The zero-order valence-corrected chi connectivity index (χ0v) is 14.5. The summed E-state index contributed by atoms with van der Waals surface area (Å²) in [4.78, 5) is 8.02. The molecule has 3 aliphatic rings. The van der Waals surface area contributed by atoms with Crippen molar-refractivity contribution in [3.05, 3.63) is 11.9 Å². The maximum atomic E-state index is 2.71. The normalized spacial score (nSPS) is 26.3. The number of hydrogen-bond acceptors (Lipinski definition) is 3. The van der Waals surface area contributed by atoms with Crippen molar-refractivity contribution in [1.29, 1.82) is 0 Å². The van der Waals surface area contributed by atoms with E-state index in [9.17, 15) is 0 Å². The average molecular weight is 280 g/mol. The molecule has 0 aliphatic carbocycles. The van der Waals surface area contributed by atoms with Crippen molar-refractivity contribution in [2.75, 3.05) is 39.3 Å². The lowest BCUT2D eigenvalue weighted by atomic mass is 10.4. The van der Waals surface area contributed by atoms with Gasteiger partial charge < -0.3 is 14.7 Å². The van der Waals surface area contributed by atoms with Crippen molar-refractivity contribution < 1.29 is 0 Å². The van der Waals surface area contributed by atoms with Crippen LogP contribution in [0.15, 0.2) is 11.9 Å². The Bertz CT molecular complexity index is 295. The predicted octanol–water partition coefficient (Wildman–Crippen LogP) is 0.807. The Hall–Kier alpha value is -0.483. The summed E-state index contributed by atoms with van der Waals surface area (Å²) in [6.45, 7) is 7.82. The minimum absolute atomic E-state index is 0.749. The van der Waals surface area contributed by atoms with Crippen LogP contribution in [-0.2, 0) is 0 Å². The van der Waals surface area contributed by atoms with Gasteiger partial charge in [0.25, 0.3) is 0 Å². The summed E-state index contributed by atoms with van der Waals surface area (Å²) in [5, 5.41) is 0. The standard InChI is InChI=1S/C15H29N3Si/c19-15(18-11-5-6-12-18)13-14(16-7-1-2-8-16)17-9-3-4-10-17/h13,15H,1-12H2,19H3. The molecule has 19 heavy (non-hydrogen) atoms. The van der Waals surface area contributed by atoms with Crippen LogP contribution in [0.5, 0.6) is 0 Å². The monoisotopic (exact) mass is 279 g/mol. The lowest BCUT2D eigenvalue weighted by Gasteiger charge is -2.32. The van der Waals surface area contributed by atoms with E-state index in [1.54, 1.807) is 5.82 Å². The van der Waals surface area contributed by atoms with E-state index in [0.29, 0.717) is 0 Å². The first kappa shape index (κ1) is 13.5. The molecule has 0 bridgehead atoms. The quantitative estimate of drug-likeness (QED) is 0.705. The summed E-state index contributed by atoms with van der Waals surface area (Å²) < 4.78 is 0. The molecule has 1 unspecified atom stereocenters. The van der Waals surface area contributed by atoms with Crippen molar-refractivity contribution in [2.45, 2.75) is 44.2 Å². The zero-order chi connectivity index (χ0) is 13.1. The molecule has 3 heterocycles. The van der Waals surface area contributed by atoms with E-state index in [0.717, 1.165) is 5.67 Å². The number of nitrogens with zero attached hydrogens (tertiary/aromatic N) is 3. The Morgan fingerprint density at radius 1 is 0.737 bits per heavy atom. The molecular formula is C15H29N3Si. The Morgan fingerprint density at radius 2 is 1.16 bits per heavy atom. The van der Waals surface area contributed by atoms with Gasteiger partial charge in [0, 0.05) is 42.1 Å². The molecule has 0 amide bonds. The fourth-order valence-corrected chi connectivity index (χ4v) is 4.59. The van der Waals surface area contributed by atoms with Gasteiger partial charge in [-0.3, -0.25) is 0 Å². The van der Waals surface area contributed by atoms with Crippen molar-refractivity contribution >= 4 is 10.2 Å². The third kappa shape index (κ3) is 3.16. The van der Waals surface area contributed by atoms with Crippen LogP contribution in [0.4, 0.5) is 0 Å². The van der Waals surface area contributed by atoms with E-state index in [1.807, 2.05) is 0 Å². The first-order chi connectivity index (χ1) is 9.34. The van der Waals surface area contributed by atoms with Crippen molar-refractivity contribution in [3.63, 3.8) is 0 Å². The van der Waals surface area contributed by atoms with Gasteiger partial charge in [-0.05, 0) is 57.7 Å². The van der Waals surface area contributed by atoms with Crippen molar-refractivity contribution in [1.82, 2.24) is 14.7 Å². The molecule has 0 spiro atoms. The molecule has 3 rings (SSSR count). The van der Waals surface area contributed by atoms with Crippen LogP contribution < -0.4 is 0 Å². The highest BCUT2D eigenvalue weighted by Gasteiger charge is 2.24. The maximum Gasteiger partial charge on any atom is 0.101 e. The maximum absolute atomic E-state index is 2.71. The summed E-state index contributed by atoms with van der Waals surface area (Å²) in [5.41, 5.74) is 0.749. The van der Waals surface area contributed by atoms with E-state index < -0.39 is 0 Å². The van der Waals surface area contributed by atoms with Crippen LogP contribution in [-0.4, -0.2) is 69.9 Å². The van der Waals surface area contributed by atoms with E-state index >= 15 is 0 Å². The topological polar surface area (TPSA) is 9.72 Å². The molecule has 108 valence electrons. The van der Waals surface area contributed by atoms with E-state index in [-0.39, 0.29) is 0 Å². The summed E-state index contributed by atoms with van der Waals surface area (Å²) in [6.07, 6.45) is 11.0. The first-order valence-corrected chi connectivity index (χ1v) is 9.46. The molecule has 1 atom stereocenters. The Kier molecular flexibility index (Phi) is 4.48. The summed E-state index contributed by atoms with van der Waals surface area (Å²) >= 11 is 0. The Morgan fingerprint density at radius 3 is 1.63 bits per heavy atom. The molecular weight excluding hydrogens is 250 g/mol. The highest BCUT2D eigenvalue weighted by atomic mass is 28.1. The van der Waals surface area contributed by atoms with Gasteiger partial charge in [-0.15, -0.1) is 0 Å². The average Bonchev–Trinajstić information content (AvgIpc) is 3.17. The van der Waals surface area contributed by atoms with Crippen LogP contribution in [0.2, 0.25) is 0 Å². The fourth-order valence-electron chi connectivity index (χ4n) is 3.77. The molecule has 0 aromatic rings. The lowest BCUT2D eigenvalue weighted by molar-refractivity contribution is 0.259. The summed E-state index contributed by atoms with van der Waals surface area (Å²) in [7, 11) is 1.27. The van der Waals surface area contributed by atoms with Gasteiger partial charge in [-0.1, -0.05) is 0 Å². The largest absolute Gasteiger partial charge is 0.359 e. The third-order valence-corrected chi connectivity index (χ3v) is 6.03. The van der Waals surface area contributed by atoms with Crippen molar-refractivity contribution in [3.8, 4) is 0 Å². The second kappa shape index (κ2) is 6.31. The second-order valence-corrected chi connectivity index (χ2v) is 7.58. The zero-order valence-electron chi connectivity index (χ0n) is 12.5. The third-order valence-electron chi connectivity index (χ3n) is 4.97. The van der Waals surface area contributed by atoms with Gasteiger partial charge in [-0.25, -0.2) is 0 Å². The fraction of sp³-hybridized carbons (Fsp3) is 0.867. The molecule has 3 fully saturated rings. The molecule has 0 aromatic carbocycles. The van der Waals surface area contributed by atoms with Crippen LogP contribution in [0.25, 0.3) is 0 Å². The van der Waals surface area contributed by atoms with Gasteiger partial charge in [0.05, 0.1) is 0 Å². The number of rotatable bonds is 4. The molecule has 3 aliphatic heterocycles. The number of hydrogen-bond donors (Lipinski definition) is 0. The van der Waals surface area contributed by atoms with E-state index in [1.165, 1.54) is 88.0 Å². The van der Waals surface area contributed by atoms with Crippen LogP contribution in [0, 0.1) is 0 Å². The molecule has 3 nitrogen and oxygen atoms in total. The number of likely N-dealkylation sites (tertiary alicyclic amines) is 3. The Labute approximate surface area is 121 Å². The molecule has 0 N–H and O–H groups in total. The summed E-state index contributed by atoms with van der Waals surface area (Å²) in [5.74, 6) is 1.59. The van der Waals surface area contributed by atoms with Crippen LogP contribution in [0.3, 0.4) is 0 Å². The van der Waals surface area contributed by atoms with Gasteiger partial charge >= 0.3 is 0 Å².